The molecular formula is C10H9BrN4. The molecule has 0 aliphatic heterocycles. The smallest absolute Gasteiger partial charge is 0.107 e. The number of hydrogen-bond donors (Lipinski definition) is 1. The van der Waals surface area contributed by atoms with E-state index in [1.54, 1.807) is 23.1 Å². The zero-order valence-electron chi connectivity index (χ0n) is 7.94. The molecule has 2 N–H and O–H groups in total. The molecule has 0 unspecified atom stereocenters. The number of nitrogen functional groups attached to an aromatic ring is 1. The van der Waals surface area contributed by atoms with Gasteiger partial charge in [-0.1, -0.05) is 0 Å². The summed E-state index contributed by atoms with van der Waals surface area (Å²) < 4.78 is 0.785. The lowest BCUT2D eigenvalue weighted by molar-refractivity contribution is 0.963. The normalized spacial score (nSPS) is 9.00. The standard InChI is InChI=1S/C10H9BrN4/c11-9-7-8(14)1-2-10(9)15(5-3-12)6-4-13/h1-2,7H,5-6,14H2. The highest BCUT2D eigenvalue weighted by Gasteiger charge is 2.09. The average Bonchev–Trinajstić information content (AvgIpc) is 2.17. The van der Waals surface area contributed by atoms with Crippen molar-refractivity contribution in [2.24, 2.45) is 0 Å². The maximum absolute atomic E-state index is 8.63. The summed E-state index contributed by atoms with van der Waals surface area (Å²) in [7, 11) is 0. The molecule has 0 aliphatic carbocycles. The minimum absolute atomic E-state index is 0.177. The van der Waals surface area contributed by atoms with Crippen molar-refractivity contribution in [1.82, 2.24) is 0 Å². The van der Waals surface area contributed by atoms with Crippen molar-refractivity contribution in [3.05, 3.63) is 22.7 Å². The molecule has 0 amide bonds. The van der Waals surface area contributed by atoms with Crippen molar-refractivity contribution in [1.29, 1.82) is 10.5 Å². The zero-order valence-corrected chi connectivity index (χ0v) is 9.53. The van der Waals surface area contributed by atoms with Gasteiger partial charge in [-0.25, -0.2) is 0 Å². The Balaban J connectivity index is 3.02. The Morgan fingerprint density at radius 3 is 2.33 bits per heavy atom. The maximum Gasteiger partial charge on any atom is 0.107 e. The molecule has 4 nitrogen and oxygen atoms in total. The fourth-order valence-electron chi connectivity index (χ4n) is 1.18. The van der Waals surface area contributed by atoms with E-state index in [-0.39, 0.29) is 13.1 Å². The quantitative estimate of drug-likeness (QED) is 0.668. The molecule has 0 atom stereocenters. The van der Waals surface area contributed by atoms with Gasteiger partial charge in [0.25, 0.3) is 0 Å². The first-order chi connectivity index (χ1) is 7.19. The van der Waals surface area contributed by atoms with Gasteiger partial charge in [-0.2, -0.15) is 10.5 Å². The second-order valence-corrected chi connectivity index (χ2v) is 3.74. The number of hydrogen-bond acceptors (Lipinski definition) is 4. The number of nitriles is 2. The van der Waals surface area contributed by atoms with Crippen LogP contribution in [-0.4, -0.2) is 13.1 Å². The van der Waals surface area contributed by atoms with Gasteiger partial charge >= 0.3 is 0 Å². The minimum atomic E-state index is 0.177. The maximum atomic E-state index is 8.63. The summed E-state index contributed by atoms with van der Waals surface area (Å²) >= 11 is 3.35. The van der Waals surface area contributed by atoms with Crippen LogP contribution in [0.1, 0.15) is 0 Å². The molecule has 0 radical (unpaired) electrons. The molecule has 0 saturated carbocycles. The third kappa shape index (κ3) is 2.87. The second kappa shape index (κ2) is 5.23. The molecule has 0 aromatic heterocycles. The van der Waals surface area contributed by atoms with Gasteiger partial charge in [-0.3, -0.25) is 0 Å². The summed E-state index contributed by atoms with van der Waals surface area (Å²) in [5, 5.41) is 17.3. The van der Waals surface area contributed by atoms with E-state index in [2.05, 4.69) is 15.9 Å². The second-order valence-electron chi connectivity index (χ2n) is 2.88. The number of rotatable bonds is 3. The van der Waals surface area contributed by atoms with Crippen molar-refractivity contribution in [3.8, 4) is 12.1 Å². The topological polar surface area (TPSA) is 76.8 Å². The summed E-state index contributed by atoms with van der Waals surface area (Å²) in [6, 6.07) is 9.30. The lowest BCUT2D eigenvalue weighted by atomic mass is 10.2. The van der Waals surface area contributed by atoms with Crippen molar-refractivity contribution < 1.29 is 0 Å². The van der Waals surface area contributed by atoms with Crippen LogP contribution in [0.2, 0.25) is 0 Å². The molecule has 76 valence electrons. The monoisotopic (exact) mass is 264 g/mol. The Kier molecular flexibility index (Phi) is 3.96. The van der Waals surface area contributed by atoms with Gasteiger partial charge in [-0.05, 0) is 34.1 Å². The third-order valence-electron chi connectivity index (χ3n) is 1.84. The van der Waals surface area contributed by atoms with Crippen LogP contribution in [0.3, 0.4) is 0 Å². The van der Waals surface area contributed by atoms with Crippen LogP contribution in [0.15, 0.2) is 22.7 Å². The summed E-state index contributed by atoms with van der Waals surface area (Å²) in [5.41, 5.74) is 7.03. The fourth-order valence-corrected chi connectivity index (χ4v) is 1.82. The average molecular weight is 265 g/mol. The van der Waals surface area contributed by atoms with E-state index >= 15 is 0 Å². The van der Waals surface area contributed by atoms with Crippen molar-refractivity contribution in [2.45, 2.75) is 0 Å². The zero-order chi connectivity index (χ0) is 11.3. The molecule has 0 heterocycles. The van der Waals surface area contributed by atoms with Crippen LogP contribution in [0.4, 0.5) is 11.4 Å². The predicted molar refractivity (Wildman–Crippen MR) is 62.0 cm³/mol. The molecule has 0 fully saturated rings. The van der Waals surface area contributed by atoms with Crippen LogP contribution in [0.5, 0.6) is 0 Å². The molecule has 1 aromatic rings. The molecule has 0 aliphatic rings. The number of nitrogens with zero attached hydrogens (tertiary/aromatic N) is 3. The number of anilines is 2. The Labute approximate surface area is 96.6 Å². The van der Waals surface area contributed by atoms with Crippen LogP contribution in [0.25, 0.3) is 0 Å². The van der Waals surface area contributed by atoms with Crippen LogP contribution in [-0.2, 0) is 0 Å². The molecule has 1 rings (SSSR count). The van der Waals surface area contributed by atoms with Gasteiger partial charge in [0.1, 0.15) is 13.1 Å². The van der Waals surface area contributed by atoms with Crippen molar-refractivity contribution in [2.75, 3.05) is 23.7 Å². The summed E-state index contributed by atoms with van der Waals surface area (Å²) in [6.45, 7) is 0.353. The lowest BCUT2D eigenvalue weighted by Gasteiger charge is -2.19. The molecule has 0 bridgehead atoms. The van der Waals surface area contributed by atoms with Crippen LogP contribution >= 0.6 is 15.9 Å². The number of benzene rings is 1. The van der Waals surface area contributed by atoms with Gasteiger partial charge in [0.05, 0.1) is 17.8 Å². The lowest BCUT2D eigenvalue weighted by Crippen LogP contribution is -2.24. The first kappa shape index (κ1) is 11.4. The molecule has 0 saturated heterocycles. The molecule has 1 aromatic carbocycles. The molecule has 0 spiro atoms. The van der Waals surface area contributed by atoms with E-state index in [4.69, 9.17) is 16.3 Å². The van der Waals surface area contributed by atoms with E-state index in [0.717, 1.165) is 10.2 Å². The molecule has 15 heavy (non-hydrogen) atoms. The third-order valence-corrected chi connectivity index (χ3v) is 2.47. The van der Waals surface area contributed by atoms with Crippen molar-refractivity contribution >= 4 is 27.3 Å². The van der Waals surface area contributed by atoms with E-state index in [0.29, 0.717) is 5.69 Å². The van der Waals surface area contributed by atoms with Gasteiger partial charge in [0.2, 0.25) is 0 Å². The van der Waals surface area contributed by atoms with Crippen molar-refractivity contribution in [3.63, 3.8) is 0 Å². The fraction of sp³-hybridized carbons (Fsp3) is 0.200. The first-order valence-corrected chi connectivity index (χ1v) is 5.02. The molecule has 5 heteroatoms. The first-order valence-electron chi connectivity index (χ1n) is 4.23. The minimum Gasteiger partial charge on any atom is -0.399 e. The summed E-state index contributed by atoms with van der Waals surface area (Å²) in [6.07, 6.45) is 0. The number of nitrogens with two attached hydrogens (primary N) is 1. The Morgan fingerprint density at radius 2 is 1.87 bits per heavy atom. The highest BCUT2D eigenvalue weighted by molar-refractivity contribution is 9.10. The van der Waals surface area contributed by atoms with Gasteiger partial charge in [0.15, 0.2) is 0 Å². The summed E-state index contributed by atoms with van der Waals surface area (Å²) in [4.78, 5) is 1.67. The SMILES string of the molecule is N#CCN(CC#N)c1ccc(N)cc1Br. The molecular weight excluding hydrogens is 256 g/mol. The van der Waals surface area contributed by atoms with E-state index in [1.165, 1.54) is 0 Å². The Bertz CT molecular complexity index is 414. The van der Waals surface area contributed by atoms with E-state index in [1.807, 2.05) is 12.1 Å². The van der Waals surface area contributed by atoms with Gasteiger partial charge < -0.3 is 10.6 Å². The summed E-state index contributed by atoms with van der Waals surface area (Å²) in [5.74, 6) is 0. The van der Waals surface area contributed by atoms with Crippen LogP contribution < -0.4 is 10.6 Å². The predicted octanol–water partition coefficient (Wildman–Crippen LogP) is 1.88. The Hall–Kier alpha value is -1.72. The van der Waals surface area contributed by atoms with E-state index < -0.39 is 0 Å². The highest BCUT2D eigenvalue weighted by atomic mass is 79.9. The van der Waals surface area contributed by atoms with Gasteiger partial charge in [0, 0.05) is 10.2 Å². The van der Waals surface area contributed by atoms with Gasteiger partial charge in [-0.15, -0.1) is 0 Å². The van der Waals surface area contributed by atoms with E-state index in [9.17, 15) is 0 Å². The largest absolute Gasteiger partial charge is 0.399 e. The number of halogens is 1. The highest BCUT2D eigenvalue weighted by Crippen LogP contribution is 2.27. The van der Waals surface area contributed by atoms with Crippen LogP contribution in [0, 0.1) is 22.7 Å². The Morgan fingerprint density at radius 1 is 1.27 bits per heavy atom.